The summed E-state index contributed by atoms with van der Waals surface area (Å²) < 4.78 is 10.8. The second kappa shape index (κ2) is 9.67. The van der Waals surface area contributed by atoms with Crippen LogP contribution in [0.2, 0.25) is 0 Å². The lowest BCUT2D eigenvalue weighted by molar-refractivity contribution is -0.134. The number of carbonyl (C=O) groups is 1. The number of aryl methyl sites for hydroxylation is 1. The third-order valence-corrected chi connectivity index (χ3v) is 6.44. The van der Waals surface area contributed by atoms with Crippen molar-refractivity contribution in [3.05, 3.63) is 35.9 Å². The maximum absolute atomic E-state index is 12.7. The summed E-state index contributed by atoms with van der Waals surface area (Å²) in [6.45, 7) is 6.52. The Morgan fingerprint density at radius 2 is 1.89 bits per heavy atom. The second-order valence-corrected chi connectivity index (χ2v) is 8.11. The normalized spacial score (nSPS) is 22.4. The van der Waals surface area contributed by atoms with Crippen LogP contribution in [0.5, 0.6) is 0 Å². The molecule has 2 heterocycles. The molecule has 2 saturated heterocycles. The zero-order valence-corrected chi connectivity index (χ0v) is 16.9. The van der Waals surface area contributed by atoms with E-state index in [9.17, 15) is 4.79 Å². The zero-order valence-electron chi connectivity index (χ0n) is 16.9. The lowest BCUT2D eigenvalue weighted by atomic mass is 9.71. The van der Waals surface area contributed by atoms with Gasteiger partial charge in [0.25, 0.3) is 0 Å². The highest BCUT2D eigenvalue weighted by Crippen LogP contribution is 2.44. The van der Waals surface area contributed by atoms with Gasteiger partial charge in [-0.25, -0.2) is 0 Å². The van der Waals surface area contributed by atoms with Crippen molar-refractivity contribution in [2.75, 3.05) is 60.2 Å². The molecule has 0 aromatic heterocycles. The minimum absolute atomic E-state index is 0.292. The molecule has 2 aliphatic rings. The van der Waals surface area contributed by atoms with Gasteiger partial charge in [0.1, 0.15) is 0 Å². The molecular weight excluding hydrogens is 340 g/mol. The van der Waals surface area contributed by atoms with Crippen LogP contribution in [0.15, 0.2) is 30.3 Å². The first kappa shape index (κ1) is 20.3. The van der Waals surface area contributed by atoms with E-state index in [2.05, 4.69) is 21.9 Å². The highest BCUT2D eigenvalue weighted by atomic mass is 16.5. The van der Waals surface area contributed by atoms with E-state index < -0.39 is 0 Å². The maximum atomic E-state index is 12.7. The highest BCUT2D eigenvalue weighted by Gasteiger charge is 2.48. The van der Waals surface area contributed by atoms with E-state index in [0.29, 0.717) is 23.7 Å². The number of benzene rings is 1. The van der Waals surface area contributed by atoms with Crippen molar-refractivity contribution >= 4 is 5.91 Å². The lowest BCUT2D eigenvalue weighted by Crippen LogP contribution is -2.47. The van der Waals surface area contributed by atoms with Crippen LogP contribution in [-0.2, 0) is 20.7 Å². The minimum atomic E-state index is 0.292. The molecule has 150 valence electrons. The molecule has 1 aromatic rings. The molecule has 1 aromatic carbocycles. The van der Waals surface area contributed by atoms with E-state index in [1.807, 2.05) is 18.2 Å². The summed E-state index contributed by atoms with van der Waals surface area (Å²) in [5.74, 6) is 0.854. The lowest BCUT2D eigenvalue weighted by Gasteiger charge is -2.42. The van der Waals surface area contributed by atoms with Crippen molar-refractivity contribution in [3.63, 3.8) is 0 Å². The van der Waals surface area contributed by atoms with Gasteiger partial charge in [0.05, 0.1) is 13.2 Å². The predicted octanol–water partition coefficient (Wildman–Crippen LogP) is 2.45. The van der Waals surface area contributed by atoms with E-state index in [1.54, 1.807) is 14.2 Å². The van der Waals surface area contributed by atoms with E-state index in [1.165, 1.54) is 5.56 Å². The van der Waals surface area contributed by atoms with Gasteiger partial charge < -0.3 is 19.3 Å². The average molecular weight is 375 g/mol. The molecule has 1 amide bonds. The molecule has 2 fully saturated rings. The summed E-state index contributed by atoms with van der Waals surface area (Å²) in [7, 11) is 3.56. The molecule has 1 atom stereocenters. The molecule has 3 rings (SSSR count). The summed E-state index contributed by atoms with van der Waals surface area (Å²) in [4.78, 5) is 17.3. The Bertz CT molecular complexity index is 584. The first-order chi connectivity index (χ1) is 13.2. The first-order valence-corrected chi connectivity index (χ1v) is 10.2. The number of rotatable bonds is 8. The molecular formula is C22H34N2O3. The fourth-order valence-electron chi connectivity index (χ4n) is 4.79. The third kappa shape index (κ3) is 5.09. The third-order valence-electron chi connectivity index (χ3n) is 6.44. The number of hydrogen-bond acceptors (Lipinski definition) is 4. The van der Waals surface area contributed by atoms with E-state index >= 15 is 0 Å². The Morgan fingerprint density at radius 3 is 2.56 bits per heavy atom. The van der Waals surface area contributed by atoms with Crippen LogP contribution in [0.4, 0.5) is 0 Å². The van der Waals surface area contributed by atoms with Crippen molar-refractivity contribution in [2.24, 2.45) is 11.3 Å². The van der Waals surface area contributed by atoms with Crippen molar-refractivity contribution < 1.29 is 14.3 Å². The molecule has 0 radical (unpaired) electrons. The van der Waals surface area contributed by atoms with Crippen molar-refractivity contribution in [2.45, 2.75) is 25.7 Å². The fourth-order valence-corrected chi connectivity index (χ4v) is 4.79. The summed E-state index contributed by atoms with van der Waals surface area (Å²) in [5, 5.41) is 0. The Hall–Kier alpha value is -1.43. The number of likely N-dealkylation sites (tertiary alicyclic amines) is 2. The van der Waals surface area contributed by atoms with E-state index in [4.69, 9.17) is 9.47 Å². The largest absolute Gasteiger partial charge is 0.384 e. The SMILES string of the molecule is COCCN1C[C@H](COC)C2(CCN(C(=O)CCc3ccccc3)CC2)C1. The van der Waals surface area contributed by atoms with Gasteiger partial charge in [-0.2, -0.15) is 0 Å². The molecule has 0 aliphatic carbocycles. The van der Waals surface area contributed by atoms with Gasteiger partial charge in [-0.1, -0.05) is 30.3 Å². The molecule has 0 N–H and O–H groups in total. The van der Waals surface area contributed by atoms with E-state index in [0.717, 1.165) is 65.2 Å². The van der Waals surface area contributed by atoms with Crippen molar-refractivity contribution in [1.29, 1.82) is 0 Å². The molecule has 2 aliphatic heterocycles. The van der Waals surface area contributed by atoms with Gasteiger partial charge in [0.2, 0.25) is 5.91 Å². The van der Waals surface area contributed by atoms with Gasteiger partial charge in [-0.3, -0.25) is 4.79 Å². The summed E-state index contributed by atoms with van der Waals surface area (Å²) >= 11 is 0. The van der Waals surface area contributed by atoms with Gasteiger partial charge in [-0.05, 0) is 30.2 Å². The molecule has 0 bridgehead atoms. The van der Waals surface area contributed by atoms with Crippen LogP contribution in [0.1, 0.15) is 24.8 Å². The minimum Gasteiger partial charge on any atom is -0.384 e. The standard InChI is InChI=1S/C22H34N2O3/c1-26-15-14-23-16-20(17-27-2)22(18-23)10-12-24(13-11-22)21(25)9-8-19-6-4-3-5-7-19/h3-7,20H,8-18H2,1-2H3/t20-/m1/s1. The summed E-state index contributed by atoms with van der Waals surface area (Å²) in [5.41, 5.74) is 1.53. The number of hydrogen-bond donors (Lipinski definition) is 0. The predicted molar refractivity (Wildman–Crippen MR) is 107 cm³/mol. The van der Waals surface area contributed by atoms with Crippen molar-refractivity contribution in [1.82, 2.24) is 9.80 Å². The van der Waals surface area contributed by atoms with Crippen LogP contribution >= 0.6 is 0 Å². The van der Waals surface area contributed by atoms with Gasteiger partial charge >= 0.3 is 0 Å². The number of amides is 1. The van der Waals surface area contributed by atoms with Crippen LogP contribution in [0.3, 0.4) is 0 Å². The molecule has 0 unspecified atom stereocenters. The number of carbonyl (C=O) groups excluding carboxylic acids is 1. The second-order valence-electron chi connectivity index (χ2n) is 8.11. The number of methoxy groups -OCH3 is 2. The average Bonchev–Trinajstić information content (AvgIpc) is 3.03. The molecule has 27 heavy (non-hydrogen) atoms. The van der Waals surface area contributed by atoms with Gasteiger partial charge in [-0.15, -0.1) is 0 Å². The van der Waals surface area contributed by atoms with E-state index in [-0.39, 0.29) is 0 Å². The van der Waals surface area contributed by atoms with Crippen LogP contribution in [-0.4, -0.2) is 75.9 Å². The maximum Gasteiger partial charge on any atom is 0.222 e. The summed E-state index contributed by atoms with van der Waals surface area (Å²) in [6, 6.07) is 10.3. The smallest absolute Gasteiger partial charge is 0.222 e. The van der Waals surface area contributed by atoms with Gasteiger partial charge in [0, 0.05) is 59.3 Å². The van der Waals surface area contributed by atoms with Crippen LogP contribution in [0.25, 0.3) is 0 Å². The fraction of sp³-hybridized carbons (Fsp3) is 0.682. The molecule has 0 saturated carbocycles. The Morgan fingerprint density at radius 1 is 1.15 bits per heavy atom. The van der Waals surface area contributed by atoms with Crippen LogP contribution in [0, 0.1) is 11.3 Å². The Balaban J connectivity index is 1.52. The van der Waals surface area contributed by atoms with Crippen LogP contribution < -0.4 is 0 Å². The number of nitrogens with zero attached hydrogens (tertiary/aromatic N) is 2. The number of ether oxygens (including phenoxy) is 2. The summed E-state index contributed by atoms with van der Waals surface area (Å²) in [6.07, 6.45) is 3.61. The first-order valence-electron chi connectivity index (χ1n) is 10.2. The Labute approximate surface area is 163 Å². The highest BCUT2D eigenvalue weighted by molar-refractivity contribution is 5.76. The monoisotopic (exact) mass is 374 g/mol. The topological polar surface area (TPSA) is 42.0 Å². The van der Waals surface area contributed by atoms with Crippen molar-refractivity contribution in [3.8, 4) is 0 Å². The number of piperidine rings is 1. The molecule has 5 heteroatoms. The molecule has 1 spiro atoms. The quantitative estimate of drug-likeness (QED) is 0.701. The Kier molecular flexibility index (Phi) is 7.27. The zero-order chi connectivity index (χ0) is 19.1. The molecule has 5 nitrogen and oxygen atoms in total. The van der Waals surface area contributed by atoms with Gasteiger partial charge in [0.15, 0.2) is 0 Å².